The fourth-order valence-electron chi connectivity index (χ4n) is 5.34. The smallest absolute Gasteiger partial charge is 0.298 e. The summed E-state index contributed by atoms with van der Waals surface area (Å²) in [4.78, 5) is 21.1. The van der Waals surface area contributed by atoms with E-state index in [4.69, 9.17) is 11.5 Å². The van der Waals surface area contributed by atoms with Crippen LogP contribution in [0.1, 0.15) is 7.43 Å². The van der Waals surface area contributed by atoms with Gasteiger partial charge in [-0.25, -0.2) is 0 Å². The summed E-state index contributed by atoms with van der Waals surface area (Å²) in [6.07, 6.45) is 0. The molecule has 0 radical (unpaired) electrons. The number of nitrogens with zero attached hydrogens (tertiary/aromatic N) is 8. The van der Waals surface area contributed by atoms with Gasteiger partial charge in [0.1, 0.15) is 39.9 Å². The number of halogens is 2. The number of nitrogens with two attached hydrogens (primary N) is 2. The van der Waals surface area contributed by atoms with Gasteiger partial charge in [-0.3, -0.25) is 29.2 Å². The van der Waals surface area contributed by atoms with E-state index in [-0.39, 0.29) is 83.6 Å². The van der Waals surface area contributed by atoms with Crippen LogP contribution in [0.5, 0.6) is 11.5 Å². The van der Waals surface area contributed by atoms with Gasteiger partial charge >= 0.3 is 0 Å². The van der Waals surface area contributed by atoms with Crippen molar-refractivity contribution >= 4 is 78.4 Å². The molecular weight excluding hydrogens is 775 g/mol. The normalized spacial score (nSPS) is 11.3. The molecule has 0 heterocycles. The lowest BCUT2D eigenvalue weighted by molar-refractivity contribution is -0.384. The predicted octanol–water partition coefficient (Wildman–Crippen LogP) is 3.94. The van der Waals surface area contributed by atoms with E-state index in [1.165, 1.54) is 42.5 Å². The van der Waals surface area contributed by atoms with Gasteiger partial charge in [0.05, 0.1) is 57.8 Å². The second-order valence-electron chi connectivity index (χ2n) is 14.1. The van der Waals surface area contributed by atoms with Gasteiger partial charge in [-0.05, 0) is 71.4 Å². The zero-order chi connectivity index (χ0) is 39.5. The number of azo groups is 2. The molecule has 0 unspecified atom stereocenters. The number of benzene rings is 6. The molecule has 0 saturated heterocycles. The number of nitrogen functional groups attached to an aromatic ring is 2. The summed E-state index contributed by atoms with van der Waals surface area (Å²) < 4.78 is 1.19. The van der Waals surface area contributed by atoms with Crippen molar-refractivity contribution in [1.29, 1.82) is 0 Å². The number of hydrogen-bond donors (Lipinski definition) is 4. The molecule has 18 heteroatoms. The maximum atomic E-state index is 11.2. The molecule has 0 spiro atoms. The Morgan fingerprint density at radius 3 is 1.47 bits per heavy atom. The predicted molar refractivity (Wildman–Crippen MR) is 220 cm³/mol. The maximum Gasteiger partial charge on any atom is 0.298 e. The molecule has 0 aliphatic rings. The standard InChI is InChI=1S/2C19H19N5O3.CH4.2ClH/c1-24(2,3)14-7-4-12-5-9-18(25)19(15(12)11-14)22-21-13-6-8-16(20)17(10-13)23(26)27;1-24(2,3)14-7-4-12-5-9-18(25)19(15(12)11-14)22-21-16-8-6-13(20)10-17(16)23(26)27;;;/h2*4-11H,1-3H3,(H2-,20,21,22,25);1H4;2*1H. The highest BCUT2D eigenvalue weighted by Crippen LogP contribution is 2.41. The number of anilines is 2. The SMILES string of the molecule is C.C[N+](C)(C)c1ccc2ccc(O)c(N=Nc3ccc(N)c([N+](=O)[O-])c3)c2c1.C[N+](C)(C)c1ccc2ccc(O)c(N=Nc3ccc(N)cc3[N+](=O)[O-])c2c1.[Cl-].[Cl-]. The molecule has 0 aromatic heterocycles. The lowest BCUT2D eigenvalue weighted by Gasteiger charge is -2.23. The number of phenolic OH excluding ortho intramolecular Hbond substituents is 2. The van der Waals surface area contributed by atoms with Crippen molar-refractivity contribution in [2.75, 3.05) is 53.8 Å². The van der Waals surface area contributed by atoms with Crippen molar-refractivity contribution in [2.45, 2.75) is 7.43 Å². The largest absolute Gasteiger partial charge is 1.00 e. The lowest BCUT2D eigenvalue weighted by atomic mass is 10.1. The first-order chi connectivity index (χ1) is 25.3. The van der Waals surface area contributed by atoms with E-state index in [0.717, 1.165) is 27.5 Å². The molecule has 0 amide bonds. The third-order valence-electron chi connectivity index (χ3n) is 8.39. The van der Waals surface area contributed by atoms with Crippen molar-refractivity contribution < 1.29 is 44.9 Å². The summed E-state index contributed by atoms with van der Waals surface area (Å²) >= 11 is 0. The summed E-state index contributed by atoms with van der Waals surface area (Å²) in [5.41, 5.74) is 14.0. The number of phenols is 2. The average Bonchev–Trinajstić information content (AvgIpc) is 3.10. The third kappa shape index (κ3) is 10.9. The summed E-state index contributed by atoms with van der Waals surface area (Å²) in [5.74, 6) is -0.0716. The molecule has 0 aliphatic heterocycles. The van der Waals surface area contributed by atoms with Gasteiger partial charge in [-0.15, -0.1) is 15.3 Å². The van der Waals surface area contributed by atoms with Crippen molar-refractivity contribution in [2.24, 2.45) is 20.5 Å². The lowest BCUT2D eigenvalue weighted by Crippen LogP contribution is -3.00. The number of quaternary nitrogens is 2. The molecule has 0 aliphatic carbocycles. The van der Waals surface area contributed by atoms with E-state index >= 15 is 0 Å². The van der Waals surface area contributed by atoms with Crippen LogP contribution in [-0.4, -0.2) is 62.3 Å². The van der Waals surface area contributed by atoms with Crippen LogP contribution < -0.4 is 45.2 Å². The Labute approximate surface area is 341 Å². The molecule has 0 fully saturated rings. The number of aromatic hydroxyl groups is 2. The number of hydrogen-bond acceptors (Lipinski definition) is 12. The summed E-state index contributed by atoms with van der Waals surface area (Å²) in [7, 11) is 12.2. The first-order valence-corrected chi connectivity index (χ1v) is 16.4. The van der Waals surface area contributed by atoms with Crippen LogP contribution in [-0.2, 0) is 0 Å². The Morgan fingerprint density at radius 2 is 1.02 bits per heavy atom. The minimum atomic E-state index is -0.572. The first-order valence-electron chi connectivity index (χ1n) is 16.4. The Morgan fingerprint density at radius 1 is 0.561 bits per heavy atom. The quantitative estimate of drug-likeness (QED) is 0.0577. The van der Waals surface area contributed by atoms with Gasteiger partial charge in [0, 0.05) is 40.7 Å². The van der Waals surface area contributed by atoms with Crippen LogP contribution >= 0.6 is 0 Å². The van der Waals surface area contributed by atoms with E-state index in [2.05, 4.69) is 20.5 Å². The van der Waals surface area contributed by atoms with Crippen LogP contribution in [0.15, 0.2) is 118 Å². The second kappa shape index (κ2) is 18.4. The molecule has 0 saturated carbocycles. The highest BCUT2D eigenvalue weighted by molar-refractivity contribution is 5.98. The molecule has 6 N–H and O–H groups in total. The van der Waals surface area contributed by atoms with Gasteiger partial charge in [0.15, 0.2) is 5.69 Å². The van der Waals surface area contributed by atoms with Crippen LogP contribution in [0.2, 0.25) is 0 Å². The van der Waals surface area contributed by atoms with Crippen molar-refractivity contribution in [1.82, 2.24) is 8.97 Å². The highest BCUT2D eigenvalue weighted by atomic mass is 35.5. The van der Waals surface area contributed by atoms with Crippen LogP contribution in [0.25, 0.3) is 21.5 Å². The van der Waals surface area contributed by atoms with Crippen LogP contribution in [0.4, 0.5) is 56.9 Å². The summed E-state index contributed by atoms with van der Waals surface area (Å²) in [6, 6.07) is 26.8. The number of nitro groups is 2. The number of rotatable bonds is 8. The molecule has 0 atom stereocenters. The van der Waals surface area contributed by atoms with Gasteiger partial charge in [0.25, 0.3) is 11.4 Å². The minimum Gasteiger partial charge on any atom is -1.00 e. The van der Waals surface area contributed by atoms with Gasteiger partial charge in [0.2, 0.25) is 0 Å². The van der Waals surface area contributed by atoms with Gasteiger partial charge < -0.3 is 46.5 Å². The summed E-state index contributed by atoms with van der Waals surface area (Å²) in [5, 5.41) is 62.4. The molecule has 16 nitrogen and oxygen atoms in total. The van der Waals surface area contributed by atoms with E-state index in [0.29, 0.717) is 20.0 Å². The Kier molecular flexibility index (Phi) is 15.1. The van der Waals surface area contributed by atoms with Crippen LogP contribution in [0, 0.1) is 20.2 Å². The van der Waals surface area contributed by atoms with Crippen LogP contribution in [0.3, 0.4) is 0 Å². The van der Waals surface area contributed by atoms with Gasteiger partial charge in [-0.1, -0.05) is 19.6 Å². The number of fused-ring (bicyclic) bond motifs is 2. The number of nitro benzene ring substituents is 2. The van der Waals surface area contributed by atoms with Crippen molar-refractivity contribution in [3.8, 4) is 11.5 Å². The summed E-state index contributed by atoms with van der Waals surface area (Å²) in [6.45, 7) is 0. The third-order valence-corrected chi connectivity index (χ3v) is 8.39. The van der Waals surface area contributed by atoms with Crippen molar-refractivity contribution in [3.63, 3.8) is 0 Å². The fourth-order valence-corrected chi connectivity index (χ4v) is 5.34. The van der Waals surface area contributed by atoms with E-state index in [9.17, 15) is 30.4 Å². The zero-order valence-corrected chi connectivity index (χ0v) is 32.8. The average molecular weight is 820 g/mol. The molecule has 6 aromatic rings. The Hall–Kier alpha value is -6.46. The molecule has 300 valence electrons. The zero-order valence-electron chi connectivity index (χ0n) is 31.3. The minimum absolute atomic E-state index is 0. The molecule has 0 bridgehead atoms. The molecule has 6 aromatic carbocycles. The van der Waals surface area contributed by atoms with E-state index in [1.807, 2.05) is 78.7 Å². The molecule has 6 rings (SSSR count). The fraction of sp³-hybridized carbons (Fsp3) is 0.179. The molecular formula is C39H44Cl2N10O6. The topological polar surface area (TPSA) is 228 Å². The van der Waals surface area contributed by atoms with Crippen molar-refractivity contribution in [3.05, 3.63) is 117 Å². The Bertz CT molecular complexity index is 2500. The monoisotopic (exact) mass is 818 g/mol. The second-order valence-corrected chi connectivity index (χ2v) is 14.1. The van der Waals surface area contributed by atoms with E-state index in [1.54, 1.807) is 18.2 Å². The first kappa shape index (κ1) is 46.7. The van der Waals surface area contributed by atoms with Gasteiger partial charge in [-0.2, -0.15) is 5.11 Å². The highest BCUT2D eigenvalue weighted by Gasteiger charge is 2.19. The molecule has 57 heavy (non-hydrogen) atoms. The maximum absolute atomic E-state index is 11.2. The Balaban J connectivity index is 0.000000374. The van der Waals surface area contributed by atoms with E-state index < -0.39 is 9.85 Å².